The Balaban J connectivity index is 1.42. The number of benzene rings is 2. The molecule has 33 heavy (non-hydrogen) atoms. The van der Waals surface area contributed by atoms with Crippen LogP contribution in [0.4, 0.5) is 9.52 Å². The average molecular weight is 512 g/mol. The fraction of sp³-hybridized carbons (Fsp3) is 0.318. The number of methoxy groups -OCH3 is 2. The molecule has 4 rings (SSSR count). The molecule has 0 bridgehead atoms. The van der Waals surface area contributed by atoms with Crippen molar-refractivity contribution in [1.29, 1.82) is 0 Å². The van der Waals surface area contributed by atoms with Gasteiger partial charge in [-0.25, -0.2) is 17.8 Å². The first-order valence-corrected chi connectivity index (χ1v) is 12.9. The molecule has 0 radical (unpaired) electrons. The third kappa shape index (κ3) is 5.08. The lowest BCUT2D eigenvalue weighted by Crippen LogP contribution is -2.48. The summed E-state index contributed by atoms with van der Waals surface area (Å²) in [5, 5.41) is 2.85. The molecule has 3 aromatic rings. The molecular formula is C22H23ClFN3O4S2. The van der Waals surface area contributed by atoms with Gasteiger partial charge in [0.2, 0.25) is 10.0 Å². The summed E-state index contributed by atoms with van der Waals surface area (Å²) >= 11 is 7.24. The highest BCUT2D eigenvalue weighted by Crippen LogP contribution is 2.32. The van der Waals surface area contributed by atoms with Crippen LogP contribution in [0.5, 0.6) is 11.5 Å². The summed E-state index contributed by atoms with van der Waals surface area (Å²) in [7, 11) is -0.767. The summed E-state index contributed by atoms with van der Waals surface area (Å²) < 4.78 is 52.0. The predicted octanol–water partition coefficient (Wildman–Crippen LogP) is 4.05. The van der Waals surface area contributed by atoms with E-state index in [4.69, 9.17) is 21.1 Å². The van der Waals surface area contributed by atoms with Gasteiger partial charge in [-0.2, -0.15) is 4.31 Å². The van der Waals surface area contributed by atoms with E-state index in [9.17, 15) is 12.8 Å². The minimum absolute atomic E-state index is 0.0952. The number of ether oxygens (including phenoxy) is 2. The summed E-state index contributed by atoms with van der Waals surface area (Å²) in [6, 6.07) is 9.41. The number of aromatic nitrogens is 1. The lowest BCUT2D eigenvalue weighted by atomic mass is 10.1. The van der Waals surface area contributed by atoms with Crippen molar-refractivity contribution in [3.8, 4) is 11.5 Å². The Morgan fingerprint density at radius 1 is 1.09 bits per heavy atom. The van der Waals surface area contributed by atoms with Gasteiger partial charge in [0.25, 0.3) is 0 Å². The molecule has 1 saturated heterocycles. The predicted molar refractivity (Wildman–Crippen MR) is 127 cm³/mol. The van der Waals surface area contributed by atoms with Gasteiger partial charge in [-0.3, -0.25) is 0 Å². The van der Waals surface area contributed by atoms with Crippen LogP contribution in [0, 0.1) is 5.82 Å². The molecule has 0 amide bonds. The average Bonchev–Trinajstić information content (AvgIpc) is 3.29. The molecule has 176 valence electrons. The van der Waals surface area contributed by atoms with Crippen LogP contribution in [0.2, 0.25) is 5.02 Å². The molecule has 2 heterocycles. The van der Waals surface area contributed by atoms with Gasteiger partial charge in [-0.15, -0.1) is 11.3 Å². The SMILES string of the molecule is COc1ccc(S(=O)(=O)N2CCN(c3nc(Cc4ccc(Cl)c(F)c4)cs3)CC2)c(OC)c1. The topological polar surface area (TPSA) is 72.0 Å². The summed E-state index contributed by atoms with van der Waals surface area (Å²) in [6.45, 7) is 1.68. The highest BCUT2D eigenvalue weighted by Gasteiger charge is 2.31. The van der Waals surface area contributed by atoms with Crippen molar-refractivity contribution < 1.29 is 22.3 Å². The Hall–Kier alpha value is -2.40. The van der Waals surface area contributed by atoms with Crippen molar-refractivity contribution in [3.05, 3.63) is 63.9 Å². The monoisotopic (exact) mass is 511 g/mol. The minimum Gasteiger partial charge on any atom is -0.497 e. The van der Waals surface area contributed by atoms with Crippen LogP contribution in [0.25, 0.3) is 0 Å². The summed E-state index contributed by atoms with van der Waals surface area (Å²) in [4.78, 5) is 6.84. The number of thiazole rings is 1. The van der Waals surface area contributed by atoms with Crippen molar-refractivity contribution in [3.63, 3.8) is 0 Å². The van der Waals surface area contributed by atoms with Crippen LogP contribution in [-0.2, 0) is 16.4 Å². The largest absolute Gasteiger partial charge is 0.497 e. The molecule has 2 aromatic carbocycles. The second-order valence-corrected chi connectivity index (χ2v) is 10.6. The first-order valence-electron chi connectivity index (χ1n) is 10.2. The second-order valence-electron chi connectivity index (χ2n) is 7.45. The third-order valence-corrected chi connectivity index (χ3v) is 8.60. The normalized spacial score (nSPS) is 15.0. The number of rotatable bonds is 7. The molecule has 1 aromatic heterocycles. The van der Waals surface area contributed by atoms with Crippen LogP contribution in [-0.4, -0.2) is 58.1 Å². The molecule has 0 unspecified atom stereocenters. The summed E-state index contributed by atoms with van der Waals surface area (Å²) in [6.07, 6.45) is 0.496. The zero-order valence-corrected chi connectivity index (χ0v) is 20.5. The van der Waals surface area contributed by atoms with Crippen LogP contribution >= 0.6 is 22.9 Å². The third-order valence-electron chi connectivity index (χ3n) is 5.41. The Morgan fingerprint density at radius 3 is 2.52 bits per heavy atom. The summed E-state index contributed by atoms with van der Waals surface area (Å²) in [5.74, 6) is 0.326. The highest BCUT2D eigenvalue weighted by molar-refractivity contribution is 7.89. The lowest BCUT2D eigenvalue weighted by molar-refractivity contribution is 0.370. The first-order chi connectivity index (χ1) is 15.8. The van der Waals surface area contributed by atoms with Crippen LogP contribution in [0.1, 0.15) is 11.3 Å². The van der Waals surface area contributed by atoms with Gasteiger partial charge < -0.3 is 14.4 Å². The van der Waals surface area contributed by atoms with E-state index in [0.29, 0.717) is 38.3 Å². The fourth-order valence-corrected chi connectivity index (χ4v) is 6.18. The Kier molecular flexibility index (Phi) is 7.08. The minimum atomic E-state index is -3.72. The van der Waals surface area contributed by atoms with E-state index in [2.05, 4.69) is 9.88 Å². The smallest absolute Gasteiger partial charge is 0.246 e. The highest BCUT2D eigenvalue weighted by atomic mass is 35.5. The zero-order chi connectivity index (χ0) is 23.6. The molecule has 1 aliphatic rings. The van der Waals surface area contributed by atoms with Gasteiger partial charge >= 0.3 is 0 Å². The fourth-order valence-electron chi connectivity index (χ4n) is 3.63. The Bertz CT molecular complexity index is 1240. The Morgan fingerprint density at radius 2 is 1.85 bits per heavy atom. The number of hydrogen-bond donors (Lipinski definition) is 0. The van der Waals surface area contributed by atoms with E-state index in [1.165, 1.54) is 48.1 Å². The van der Waals surface area contributed by atoms with Gasteiger partial charge in [0.1, 0.15) is 22.2 Å². The van der Waals surface area contributed by atoms with E-state index in [1.807, 2.05) is 5.38 Å². The van der Waals surface area contributed by atoms with E-state index >= 15 is 0 Å². The molecule has 7 nitrogen and oxygen atoms in total. The van der Waals surface area contributed by atoms with Gasteiger partial charge in [0.05, 0.1) is 24.9 Å². The quantitative estimate of drug-likeness (QED) is 0.476. The van der Waals surface area contributed by atoms with Crippen molar-refractivity contribution in [1.82, 2.24) is 9.29 Å². The Labute approximate surface area is 201 Å². The van der Waals surface area contributed by atoms with Crippen LogP contribution in [0.15, 0.2) is 46.7 Å². The van der Waals surface area contributed by atoms with E-state index < -0.39 is 15.8 Å². The number of sulfonamides is 1. The van der Waals surface area contributed by atoms with Crippen LogP contribution in [0.3, 0.4) is 0 Å². The number of anilines is 1. The maximum Gasteiger partial charge on any atom is 0.246 e. The van der Waals surface area contributed by atoms with Crippen molar-refractivity contribution in [2.24, 2.45) is 0 Å². The van der Waals surface area contributed by atoms with Gasteiger partial charge in [-0.05, 0) is 29.8 Å². The van der Waals surface area contributed by atoms with Gasteiger partial charge in [0, 0.05) is 44.0 Å². The molecule has 11 heteroatoms. The molecule has 0 spiro atoms. The lowest BCUT2D eigenvalue weighted by Gasteiger charge is -2.34. The number of halogens is 2. The van der Waals surface area contributed by atoms with Gasteiger partial charge in [-0.1, -0.05) is 17.7 Å². The molecule has 0 N–H and O–H groups in total. The van der Waals surface area contributed by atoms with E-state index in [1.54, 1.807) is 18.2 Å². The van der Waals surface area contributed by atoms with Crippen molar-refractivity contribution in [2.75, 3.05) is 45.3 Å². The standard InChI is InChI=1S/C22H23ClFN3O4S2/c1-30-17-4-6-21(20(13-17)31-2)33(28,29)27-9-7-26(8-10-27)22-25-16(14-32-22)11-15-3-5-18(23)19(24)12-15/h3-6,12-14H,7-11H2,1-2H3. The molecule has 1 aliphatic heterocycles. The van der Waals surface area contributed by atoms with Crippen LogP contribution < -0.4 is 14.4 Å². The maximum atomic E-state index is 13.7. The van der Waals surface area contributed by atoms with E-state index in [0.717, 1.165) is 16.4 Å². The number of hydrogen-bond acceptors (Lipinski definition) is 7. The molecule has 0 saturated carbocycles. The summed E-state index contributed by atoms with van der Waals surface area (Å²) in [5.41, 5.74) is 1.62. The zero-order valence-electron chi connectivity index (χ0n) is 18.1. The number of nitrogens with zero attached hydrogens (tertiary/aromatic N) is 3. The molecule has 1 fully saturated rings. The van der Waals surface area contributed by atoms with Gasteiger partial charge in [0.15, 0.2) is 5.13 Å². The molecular weight excluding hydrogens is 489 g/mol. The van der Waals surface area contributed by atoms with Crippen molar-refractivity contribution in [2.45, 2.75) is 11.3 Å². The maximum absolute atomic E-state index is 13.7. The molecule has 0 atom stereocenters. The van der Waals surface area contributed by atoms with E-state index in [-0.39, 0.29) is 15.7 Å². The molecule has 0 aliphatic carbocycles. The first kappa shape index (κ1) is 23.7. The van der Waals surface area contributed by atoms with Crippen molar-refractivity contribution >= 4 is 38.1 Å². The number of piperazine rings is 1. The second kappa shape index (κ2) is 9.84.